The first-order valence-corrected chi connectivity index (χ1v) is 6.53. The van der Waals surface area contributed by atoms with Crippen molar-refractivity contribution in [3.05, 3.63) is 0 Å². The smallest absolute Gasteiger partial charge is 0.324 e. The summed E-state index contributed by atoms with van der Waals surface area (Å²) in [6.45, 7) is 6.59. The van der Waals surface area contributed by atoms with Gasteiger partial charge in [-0.25, -0.2) is 4.79 Å². The van der Waals surface area contributed by atoms with Gasteiger partial charge in [-0.15, -0.1) is 0 Å². The van der Waals surface area contributed by atoms with Crippen LogP contribution in [-0.4, -0.2) is 61.5 Å². The SMILES string of the molecule is CC(C)NC(=O)C[NH+](C)[C@@H](C)C(=O)N1CCNC1=O. The van der Waals surface area contributed by atoms with Gasteiger partial charge in [0.1, 0.15) is 0 Å². The zero-order valence-electron chi connectivity index (χ0n) is 11.9. The molecule has 1 aliphatic rings. The van der Waals surface area contributed by atoms with Crippen LogP contribution in [0, 0.1) is 0 Å². The summed E-state index contributed by atoms with van der Waals surface area (Å²) in [5.74, 6) is -0.345. The topological polar surface area (TPSA) is 82.9 Å². The van der Waals surface area contributed by atoms with Gasteiger partial charge in [0.25, 0.3) is 11.8 Å². The van der Waals surface area contributed by atoms with Crippen LogP contribution in [0.5, 0.6) is 0 Å². The molecule has 1 unspecified atom stereocenters. The van der Waals surface area contributed by atoms with Crippen molar-refractivity contribution in [2.75, 3.05) is 26.7 Å². The Morgan fingerprint density at radius 2 is 2.05 bits per heavy atom. The zero-order valence-corrected chi connectivity index (χ0v) is 11.9. The van der Waals surface area contributed by atoms with Crippen molar-refractivity contribution in [1.29, 1.82) is 0 Å². The number of quaternary nitrogens is 1. The Balaban J connectivity index is 2.51. The van der Waals surface area contributed by atoms with E-state index in [0.717, 1.165) is 4.90 Å². The molecule has 0 spiro atoms. The summed E-state index contributed by atoms with van der Waals surface area (Å²) in [6, 6.07) is -0.700. The van der Waals surface area contributed by atoms with E-state index in [4.69, 9.17) is 0 Å². The number of carbonyl (C=O) groups is 3. The van der Waals surface area contributed by atoms with Gasteiger partial charge in [-0.05, 0) is 20.8 Å². The molecule has 108 valence electrons. The van der Waals surface area contributed by atoms with Crippen molar-refractivity contribution in [2.45, 2.75) is 32.9 Å². The molecule has 7 heteroatoms. The normalized spacial score (nSPS) is 18.2. The molecule has 1 saturated heterocycles. The Morgan fingerprint density at radius 1 is 1.42 bits per heavy atom. The minimum absolute atomic E-state index is 0.0793. The summed E-state index contributed by atoms with van der Waals surface area (Å²) in [4.78, 5) is 37.1. The molecule has 19 heavy (non-hydrogen) atoms. The molecule has 1 fully saturated rings. The number of amides is 4. The maximum Gasteiger partial charge on any atom is 0.324 e. The van der Waals surface area contributed by atoms with E-state index >= 15 is 0 Å². The Hall–Kier alpha value is -1.63. The van der Waals surface area contributed by atoms with Gasteiger partial charge in [0.2, 0.25) is 0 Å². The van der Waals surface area contributed by atoms with Gasteiger partial charge < -0.3 is 15.5 Å². The highest BCUT2D eigenvalue weighted by Gasteiger charge is 2.34. The summed E-state index contributed by atoms with van der Waals surface area (Å²) in [7, 11) is 1.77. The summed E-state index contributed by atoms with van der Waals surface area (Å²) < 4.78 is 0. The molecule has 3 N–H and O–H groups in total. The van der Waals surface area contributed by atoms with Crippen molar-refractivity contribution in [2.24, 2.45) is 0 Å². The van der Waals surface area contributed by atoms with Crippen LogP contribution in [0.3, 0.4) is 0 Å². The quantitative estimate of drug-likeness (QED) is 0.539. The summed E-state index contributed by atoms with van der Waals surface area (Å²) in [5.41, 5.74) is 0. The molecule has 1 rings (SSSR count). The number of urea groups is 1. The minimum Gasteiger partial charge on any atom is -0.349 e. The molecule has 1 aliphatic heterocycles. The second kappa shape index (κ2) is 6.51. The molecule has 0 radical (unpaired) electrons. The van der Waals surface area contributed by atoms with E-state index < -0.39 is 6.04 Å². The number of carbonyl (C=O) groups excluding carboxylic acids is 3. The largest absolute Gasteiger partial charge is 0.349 e. The Morgan fingerprint density at radius 3 is 2.53 bits per heavy atom. The second-order valence-electron chi connectivity index (χ2n) is 5.19. The lowest BCUT2D eigenvalue weighted by Gasteiger charge is -2.23. The third-order valence-corrected chi connectivity index (χ3v) is 3.12. The first kappa shape index (κ1) is 15.4. The van der Waals surface area contributed by atoms with E-state index in [1.807, 2.05) is 13.8 Å². The van der Waals surface area contributed by atoms with Crippen molar-refractivity contribution in [3.8, 4) is 0 Å². The second-order valence-corrected chi connectivity index (χ2v) is 5.19. The lowest BCUT2D eigenvalue weighted by atomic mass is 10.2. The van der Waals surface area contributed by atoms with Crippen LogP contribution in [0.25, 0.3) is 0 Å². The fraction of sp³-hybridized carbons (Fsp3) is 0.750. The molecular weight excluding hydrogens is 248 g/mol. The highest BCUT2D eigenvalue weighted by atomic mass is 16.2. The molecule has 7 nitrogen and oxygen atoms in total. The number of nitrogens with zero attached hydrogens (tertiary/aromatic N) is 1. The van der Waals surface area contributed by atoms with Crippen LogP contribution in [0.15, 0.2) is 0 Å². The van der Waals surface area contributed by atoms with Crippen LogP contribution < -0.4 is 15.5 Å². The average Bonchev–Trinajstić information content (AvgIpc) is 2.72. The zero-order chi connectivity index (χ0) is 14.6. The van der Waals surface area contributed by atoms with Crippen molar-refractivity contribution in [3.63, 3.8) is 0 Å². The molecule has 4 amide bonds. The Bertz CT molecular complexity index is 370. The Kier molecular flexibility index (Phi) is 5.29. The highest BCUT2D eigenvalue weighted by molar-refractivity contribution is 5.97. The minimum atomic E-state index is -0.429. The van der Waals surface area contributed by atoms with Crippen LogP contribution >= 0.6 is 0 Å². The van der Waals surface area contributed by atoms with Gasteiger partial charge in [0.15, 0.2) is 12.6 Å². The number of hydrogen-bond acceptors (Lipinski definition) is 3. The van der Waals surface area contributed by atoms with Gasteiger partial charge in [-0.1, -0.05) is 0 Å². The summed E-state index contributed by atoms with van der Waals surface area (Å²) >= 11 is 0. The first-order valence-electron chi connectivity index (χ1n) is 6.53. The van der Waals surface area contributed by atoms with Crippen LogP contribution in [0.2, 0.25) is 0 Å². The number of rotatable bonds is 5. The number of nitrogens with one attached hydrogen (secondary N) is 3. The van der Waals surface area contributed by atoms with Gasteiger partial charge in [-0.2, -0.15) is 0 Å². The van der Waals surface area contributed by atoms with Crippen molar-refractivity contribution >= 4 is 17.8 Å². The fourth-order valence-electron chi connectivity index (χ4n) is 1.91. The molecule has 2 atom stereocenters. The van der Waals surface area contributed by atoms with Gasteiger partial charge in [0, 0.05) is 19.1 Å². The fourth-order valence-corrected chi connectivity index (χ4v) is 1.91. The molecular formula is C12H23N4O3+. The molecule has 1 heterocycles. The first-order chi connectivity index (χ1) is 8.82. The Labute approximate surface area is 113 Å². The van der Waals surface area contributed by atoms with E-state index in [0.29, 0.717) is 13.1 Å². The van der Waals surface area contributed by atoms with E-state index in [9.17, 15) is 14.4 Å². The van der Waals surface area contributed by atoms with E-state index in [1.165, 1.54) is 4.90 Å². The molecule has 0 saturated carbocycles. The summed E-state index contributed by atoms with van der Waals surface area (Å²) in [5, 5.41) is 5.37. The molecule has 0 aliphatic carbocycles. The van der Waals surface area contributed by atoms with E-state index in [1.54, 1.807) is 14.0 Å². The molecule has 0 aromatic carbocycles. The van der Waals surface area contributed by atoms with Gasteiger partial charge in [0.05, 0.1) is 7.05 Å². The monoisotopic (exact) mass is 271 g/mol. The molecule has 0 aromatic rings. The van der Waals surface area contributed by atoms with Gasteiger partial charge >= 0.3 is 6.03 Å². The lowest BCUT2D eigenvalue weighted by Crippen LogP contribution is -3.15. The number of likely N-dealkylation sites (N-methyl/N-ethyl adjacent to an activating group) is 1. The number of imide groups is 1. The van der Waals surface area contributed by atoms with Crippen molar-refractivity contribution in [1.82, 2.24) is 15.5 Å². The molecule has 0 aromatic heterocycles. The van der Waals surface area contributed by atoms with Gasteiger partial charge in [-0.3, -0.25) is 14.5 Å². The maximum absolute atomic E-state index is 12.1. The predicted octanol–water partition coefficient (Wildman–Crippen LogP) is -2.03. The van der Waals surface area contributed by atoms with Crippen molar-refractivity contribution < 1.29 is 19.3 Å². The third kappa shape index (κ3) is 4.20. The van der Waals surface area contributed by atoms with Crippen LogP contribution in [-0.2, 0) is 9.59 Å². The third-order valence-electron chi connectivity index (χ3n) is 3.12. The molecule has 0 bridgehead atoms. The van der Waals surface area contributed by atoms with E-state index in [-0.39, 0.29) is 30.4 Å². The lowest BCUT2D eigenvalue weighted by molar-refractivity contribution is -0.886. The maximum atomic E-state index is 12.1. The standard InChI is InChI=1S/C12H22N4O3/c1-8(2)14-10(17)7-15(4)9(3)11(18)16-6-5-13-12(16)19/h8-9H,5-7H2,1-4H3,(H,13,19)(H,14,17)/p+1/t9-/m0/s1. The highest BCUT2D eigenvalue weighted by Crippen LogP contribution is 1.99. The van der Waals surface area contributed by atoms with E-state index in [2.05, 4.69) is 10.6 Å². The van der Waals surface area contributed by atoms with Crippen LogP contribution in [0.1, 0.15) is 20.8 Å². The average molecular weight is 271 g/mol. The number of hydrogen-bond donors (Lipinski definition) is 3. The predicted molar refractivity (Wildman–Crippen MR) is 69.6 cm³/mol. The van der Waals surface area contributed by atoms with Crippen LogP contribution in [0.4, 0.5) is 4.79 Å². The summed E-state index contributed by atoms with van der Waals surface area (Å²) in [6.07, 6.45) is 0.